The first-order valence-corrected chi connectivity index (χ1v) is 9.77. The SMILES string of the molecule is O=C(NC(Oc1cccnc1)c1nc2ccc(Cl)cc2s1)N1CCNCC1. The summed E-state index contributed by atoms with van der Waals surface area (Å²) in [7, 11) is 0. The quantitative estimate of drug-likeness (QED) is 0.654. The van der Waals surface area contributed by atoms with Crippen LogP contribution in [0.3, 0.4) is 0 Å². The number of urea groups is 1. The molecule has 3 aromatic rings. The third-order valence-corrected chi connectivity index (χ3v) is 5.43. The molecule has 27 heavy (non-hydrogen) atoms. The summed E-state index contributed by atoms with van der Waals surface area (Å²) >= 11 is 7.52. The summed E-state index contributed by atoms with van der Waals surface area (Å²) in [5, 5.41) is 7.48. The summed E-state index contributed by atoms with van der Waals surface area (Å²) in [6.45, 7) is 2.87. The molecule has 1 fully saturated rings. The van der Waals surface area contributed by atoms with Crippen LogP contribution < -0.4 is 15.4 Å². The van der Waals surface area contributed by atoms with Crippen LogP contribution in [-0.4, -0.2) is 47.1 Å². The number of benzene rings is 1. The highest BCUT2D eigenvalue weighted by Crippen LogP contribution is 2.30. The van der Waals surface area contributed by atoms with Crippen LogP contribution in [0.4, 0.5) is 4.79 Å². The molecule has 1 aliphatic rings. The number of hydrogen-bond donors (Lipinski definition) is 2. The number of ether oxygens (including phenoxy) is 1. The number of amides is 2. The van der Waals surface area contributed by atoms with E-state index in [1.165, 1.54) is 11.3 Å². The highest BCUT2D eigenvalue weighted by Gasteiger charge is 2.24. The molecule has 1 aromatic carbocycles. The monoisotopic (exact) mass is 403 g/mol. The van der Waals surface area contributed by atoms with E-state index >= 15 is 0 Å². The van der Waals surface area contributed by atoms with E-state index in [9.17, 15) is 4.79 Å². The number of nitrogens with zero attached hydrogens (tertiary/aromatic N) is 3. The molecule has 1 atom stereocenters. The highest BCUT2D eigenvalue weighted by atomic mass is 35.5. The van der Waals surface area contributed by atoms with Gasteiger partial charge in [-0.15, -0.1) is 11.3 Å². The lowest BCUT2D eigenvalue weighted by Crippen LogP contribution is -2.51. The molecule has 2 aromatic heterocycles. The summed E-state index contributed by atoms with van der Waals surface area (Å²) < 4.78 is 6.94. The Balaban J connectivity index is 1.60. The molecule has 2 amide bonds. The number of carbonyl (C=O) groups is 1. The number of pyridine rings is 1. The average molecular weight is 404 g/mol. The van der Waals surface area contributed by atoms with Crippen molar-refractivity contribution in [1.29, 1.82) is 0 Å². The minimum Gasteiger partial charge on any atom is -0.462 e. The van der Waals surface area contributed by atoms with E-state index in [1.807, 2.05) is 12.1 Å². The van der Waals surface area contributed by atoms with E-state index in [1.54, 1.807) is 35.5 Å². The molecule has 4 rings (SSSR count). The Morgan fingerprint density at radius 3 is 2.96 bits per heavy atom. The number of rotatable bonds is 4. The first-order valence-electron chi connectivity index (χ1n) is 8.58. The molecule has 2 N–H and O–H groups in total. The first kappa shape index (κ1) is 18.0. The van der Waals surface area contributed by atoms with E-state index in [2.05, 4.69) is 20.6 Å². The van der Waals surface area contributed by atoms with E-state index in [4.69, 9.17) is 16.3 Å². The van der Waals surface area contributed by atoms with Gasteiger partial charge in [-0.25, -0.2) is 9.78 Å². The van der Waals surface area contributed by atoms with Gasteiger partial charge in [-0.3, -0.25) is 10.3 Å². The van der Waals surface area contributed by atoms with Crippen LogP contribution in [0.15, 0.2) is 42.7 Å². The van der Waals surface area contributed by atoms with Crippen molar-refractivity contribution in [2.45, 2.75) is 6.23 Å². The van der Waals surface area contributed by atoms with Crippen LogP contribution in [0, 0.1) is 0 Å². The van der Waals surface area contributed by atoms with Gasteiger partial charge in [0.15, 0.2) is 5.01 Å². The molecule has 0 bridgehead atoms. The maximum atomic E-state index is 12.7. The minimum absolute atomic E-state index is 0.178. The Morgan fingerprint density at radius 2 is 2.19 bits per heavy atom. The number of carbonyl (C=O) groups excluding carboxylic acids is 1. The third-order valence-electron chi connectivity index (χ3n) is 4.14. The van der Waals surface area contributed by atoms with Gasteiger partial charge in [-0.1, -0.05) is 11.6 Å². The minimum atomic E-state index is -0.715. The number of fused-ring (bicyclic) bond motifs is 1. The van der Waals surface area contributed by atoms with Gasteiger partial charge in [0.2, 0.25) is 6.23 Å². The van der Waals surface area contributed by atoms with E-state index in [-0.39, 0.29) is 6.03 Å². The Bertz CT molecular complexity index is 930. The molecule has 1 unspecified atom stereocenters. The largest absolute Gasteiger partial charge is 0.462 e. The van der Waals surface area contributed by atoms with Crippen LogP contribution >= 0.6 is 22.9 Å². The third kappa shape index (κ3) is 4.29. The van der Waals surface area contributed by atoms with E-state index in [0.717, 1.165) is 23.3 Å². The molecule has 9 heteroatoms. The summed E-state index contributed by atoms with van der Waals surface area (Å²) in [6.07, 6.45) is 2.56. The second-order valence-electron chi connectivity index (χ2n) is 6.04. The molecule has 1 aliphatic heterocycles. The van der Waals surface area contributed by atoms with Crippen molar-refractivity contribution in [2.75, 3.05) is 26.2 Å². The van der Waals surface area contributed by atoms with Crippen molar-refractivity contribution in [3.63, 3.8) is 0 Å². The fourth-order valence-corrected chi connectivity index (χ4v) is 4.02. The summed E-state index contributed by atoms with van der Waals surface area (Å²) in [5.41, 5.74) is 0.815. The smallest absolute Gasteiger partial charge is 0.320 e. The summed E-state index contributed by atoms with van der Waals surface area (Å²) in [6, 6.07) is 8.91. The Kier molecular flexibility index (Phi) is 5.38. The van der Waals surface area contributed by atoms with Gasteiger partial charge in [0, 0.05) is 37.4 Å². The fraction of sp³-hybridized carbons (Fsp3) is 0.278. The summed E-state index contributed by atoms with van der Waals surface area (Å²) in [4.78, 5) is 23.1. The number of nitrogens with one attached hydrogen (secondary N) is 2. The maximum absolute atomic E-state index is 12.7. The van der Waals surface area contributed by atoms with Gasteiger partial charge in [0.25, 0.3) is 0 Å². The molecule has 3 heterocycles. The lowest BCUT2D eigenvalue weighted by Gasteiger charge is -2.29. The molecule has 0 spiro atoms. The Hall–Kier alpha value is -2.42. The highest BCUT2D eigenvalue weighted by molar-refractivity contribution is 7.18. The van der Waals surface area contributed by atoms with Gasteiger partial charge >= 0.3 is 6.03 Å². The zero-order valence-corrected chi connectivity index (χ0v) is 16.0. The summed E-state index contributed by atoms with van der Waals surface area (Å²) in [5.74, 6) is 0.556. The van der Waals surface area contributed by atoms with Crippen LogP contribution in [0.2, 0.25) is 5.02 Å². The molecule has 0 radical (unpaired) electrons. The predicted octanol–water partition coefficient (Wildman–Crippen LogP) is 3.04. The van der Waals surface area contributed by atoms with E-state index < -0.39 is 6.23 Å². The van der Waals surface area contributed by atoms with Crippen LogP contribution in [0.1, 0.15) is 11.2 Å². The van der Waals surface area contributed by atoms with Gasteiger partial charge in [-0.05, 0) is 30.3 Å². The maximum Gasteiger partial charge on any atom is 0.320 e. The van der Waals surface area contributed by atoms with E-state index in [0.29, 0.717) is 28.9 Å². The van der Waals surface area contributed by atoms with Gasteiger partial charge in [0.05, 0.1) is 16.4 Å². The van der Waals surface area contributed by atoms with Crippen molar-refractivity contribution < 1.29 is 9.53 Å². The molecule has 1 saturated heterocycles. The Labute approximate surface area is 165 Å². The van der Waals surface area contributed by atoms with Crippen LogP contribution in [0.5, 0.6) is 5.75 Å². The molecule has 7 nitrogen and oxygen atoms in total. The molecule has 0 aliphatic carbocycles. The zero-order valence-electron chi connectivity index (χ0n) is 14.4. The molecule has 140 valence electrons. The zero-order chi connectivity index (χ0) is 18.6. The number of halogens is 1. The number of aromatic nitrogens is 2. The number of hydrogen-bond acceptors (Lipinski definition) is 6. The average Bonchev–Trinajstić information content (AvgIpc) is 3.12. The molecular formula is C18H18ClN5O2S. The molecule has 0 saturated carbocycles. The van der Waals surface area contributed by atoms with Crippen LogP contribution in [-0.2, 0) is 0 Å². The van der Waals surface area contributed by atoms with Crippen LogP contribution in [0.25, 0.3) is 10.2 Å². The second kappa shape index (κ2) is 8.08. The van der Waals surface area contributed by atoms with Crippen molar-refractivity contribution in [3.05, 3.63) is 52.8 Å². The fourth-order valence-electron chi connectivity index (χ4n) is 2.79. The molecular weight excluding hydrogens is 386 g/mol. The van der Waals surface area contributed by atoms with Gasteiger partial charge < -0.3 is 15.0 Å². The van der Waals surface area contributed by atoms with Crippen molar-refractivity contribution in [3.8, 4) is 5.75 Å². The lowest BCUT2D eigenvalue weighted by atomic mass is 10.3. The Morgan fingerprint density at radius 1 is 1.33 bits per heavy atom. The first-order chi connectivity index (χ1) is 13.2. The predicted molar refractivity (Wildman–Crippen MR) is 105 cm³/mol. The van der Waals surface area contributed by atoms with Gasteiger partial charge in [-0.2, -0.15) is 0 Å². The van der Waals surface area contributed by atoms with Crippen molar-refractivity contribution >= 4 is 39.2 Å². The number of thiazole rings is 1. The number of piperazine rings is 1. The topological polar surface area (TPSA) is 79.4 Å². The second-order valence-corrected chi connectivity index (χ2v) is 7.54. The lowest BCUT2D eigenvalue weighted by molar-refractivity contribution is 0.139. The normalized spacial score (nSPS) is 15.5. The van der Waals surface area contributed by atoms with Gasteiger partial charge in [0.1, 0.15) is 5.75 Å². The standard InChI is InChI=1S/C18H18ClN5O2S/c19-12-3-4-14-15(10-12)27-17(22-14)16(26-13-2-1-5-21-11-13)23-18(25)24-8-6-20-7-9-24/h1-5,10-11,16,20H,6-9H2,(H,23,25). The van der Waals surface area contributed by atoms with Crippen molar-refractivity contribution in [1.82, 2.24) is 25.5 Å². The van der Waals surface area contributed by atoms with Crippen molar-refractivity contribution in [2.24, 2.45) is 0 Å².